The van der Waals surface area contributed by atoms with Crippen molar-refractivity contribution < 1.29 is 23.6 Å². The molecule has 2 heterocycles. The molecule has 1 aromatic carbocycles. The zero-order chi connectivity index (χ0) is 21.8. The highest BCUT2D eigenvalue weighted by Crippen LogP contribution is 2.40. The first kappa shape index (κ1) is 22.3. The topological polar surface area (TPSA) is 90.7 Å². The van der Waals surface area contributed by atoms with Gasteiger partial charge in [0.15, 0.2) is 0 Å². The number of ether oxygens (including phenoxy) is 2. The molecule has 5 atom stereocenters. The summed E-state index contributed by atoms with van der Waals surface area (Å²) in [6.45, 7) is 3.69. The molecular formula is C21H25FN2O5S. The van der Waals surface area contributed by atoms with E-state index in [1.54, 1.807) is 24.3 Å². The van der Waals surface area contributed by atoms with Crippen LogP contribution in [-0.4, -0.2) is 36.2 Å². The summed E-state index contributed by atoms with van der Waals surface area (Å²) in [4.78, 5) is 25.1. The molecule has 0 bridgehead atoms. The van der Waals surface area contributed by atoms with Gasteiger partial charge in [0.25, 0.3) is 0 Å². The predicted octanol–water partition coefficient (Wildman–Crippen LogP) is 3.58. The minimum Gasteiger partial charge on any atom is -0.468 e. The van der Waals surface area contributed by atoms with Crippen molar-refractivity contribution in [3.05, 3.63) is 68.2 Å². The monoisotopic (exact) mass is 436 g/mol. The van der Waals surface area contributed by atoms with Crippen LogP contribution in [0.1, 0.15) is 30.3 Å². The van der Waals surface area contributed by atoms with Gasteiger partial charge >= 0.3 is 5.97 Å². The van der Waals surface area contributed by atoms with E-state index in [1.165, 1.54) is 24.5 Å². The Morgan fingerprint density at radius 3 is 2.60 bits per heavy atom. The van der Waals surface area contributed by atoms with Gasteiger partial charge in [0.2, 0.25) is 6.04 Å². The number of nitrogens with zero attached hydrogens (tertiary/aromatic N) is 1. The Balaban J connectivity index is 1.95. The maximum Gasteiger partial charge on any atom is 0.323 e. The SMILES string of the molecule is COC(=O)[C@H]1N[C@H](c2cccs2)[C@@H]([N+](=O)[O-])[C@@H]1[C@@H](OCc1ccccc1F)C(C)C. The van der Waals surface area contributed by atoms with Gasteiger partial charge in [-0.15, -0.1) is 11.3 Å². The highest BCUT2D eigenvalue weighted by Gasteiger charge is 2.58. The number of nitrogens with one attached hydrogen (secondary N) is 1. The van der Waals surface area contributed by atoms with Gasteiger partial charge in [-0.25, -0.2) is 4.39 Å². The summed E-state index contributed by atoms with van der Waals surface area (Å²) < 4.78 is 25.0. The van der Waals surface area contributed by atoms with Crippen molar-refractivity contribution in [2.45, 2.75) is 44.7 Å². The van der Waals surface area contributed by atoms with Crippen LogP contribution >= 0.6 is 11.3 Å². The highest BCUT2D eigenvalue weighted by molar-refractivity contribution is 7.10. The first-order chi connectivity index (χ1) is 14.3. The summed E-state index contributed by atoms with van der Waals surface area (Å²) in [6.07, 6.45) is -0.665. The van der Waals surface area contributed by atoms with Crippen molar-refractivity contribution in [2.75, 3.05) is 7.11 Å². The Bertz CT molecular complexity index is 876. The normalized spacial score (nSPS) is 24.7. The number of benzene rings is 1. The van der Waals surface area contributed by atoms with Gasteiger partial charge in [0, 0.05) is 15.4 Å². The van der Waals surface area contributed by atoms with Crippen molar-refractivity contribution in [1.82, 2.24) is 5.32 Å². The lowest BCUT2D eigenvalue weighted by Crippen LogP contribution is -2.47. The molecule has 1 aromatic heterocycles. The van der Waals surface area contributed by atoms with Crippen LogP contribution in [0.3, 0.4) is 0 Å². The Morgan fingerprint density at radius 2 is 2.03 bits per heavy atom. The Morgan fingerprint density at radius 1 is 1.30 bits per heavy atom. The highest BCUT2D eigenvalue weighted by atomic mass is 32.1. The number of nitro groups is 1. The molecular weight excluding hydrogens is 411 g/mol. The van der Waals surface area contributed by atoms with Crippen molar-refractivity contribution in [3.8, 4) is 0 Å². The fraction of sp³-hybridized carbons (Fsp3) is 0.476. The molecule has 1 fully saturated rings. The molecule has 2 aromatic rings. The molecule has 9 heteroatoms. The third-order valence-electron chi connectivity index (χ3n) is 5.45. The summed E-state index contributed by atoms with van der Waals surface area (Å²) in [5.74, 6) is -1.92. The summed E-state index contributed by atoms with van der Waals surface area (Å²) in [5.41, 5.74) is 0.358. The molecule has 0 saturated carbocycles. The number of methoxy groups -OCH3 is 1. The van der Waals surface area contributed by atoms with Crippen molar-refractivity contribution in [2.24, 2.45) is 11.8 Å². The number of thiophene rings is 1. The summed E-state index contributed by atoms with van der Waals surface area (Å²) in [7, 11) is 1.26. The van der Waals surface area contributed by atoms with Crippen LogP contribution in [0, 0.1) is 27.8 Å². The van der Waals surface area contributed by atoms with Crippen LogP contribution in [-0.2, 0) is 20.9 Å². The molecule has 0 spiro atoms. The van der Waals surface area contributed by atoms with Gasteiger partial charge in [-0.05, 0) is 23.4 Å². The number of carbonyl (C=O) groups excluding carboxylic acids is 1. The number of esters is 1. The molecule has 30 heavy (non-hydrogen) atoms. The lowest BCUT2D eigenvalue weighted by molar-refractivity contribution is -0.535. The van der Waals surface area contributed by atoms with E-state index >= 15 is 0 Å². The molecule has 0 aliphatic carbocycles. The van der Waals surface area contributed by atoms with Crippen LogP contribution in [0.25, 0.3) is 0 Å². The van der Waals surface area contributed by atoms with E-state index < -0.39 is 41.9 Å². The zero-order valence-electron chi connectivity index (χ0n) is 17.0. The molecule has 1 aliphatic heterocycles. The van der Waals surface area contributed by atoms with Gasteiger partial charge in [-0.1, -0.05) is 38.1 Å². The van der Waals surface area contributed by atoms with Gasteiger partial charge < -0.3 is 9.47 Å². The molecule has 0 amide bonds. The number of rotatable bonds is 8. The molecule has 1 aliphatic rings. The second-order valence-corrected chi connectivity index (χ2v) is 8.60. The van der Waals surface area contributed by atoms with Gasteiger partial charge in [0.1, 0.15) is 17.9 Å². The molecule has 0 unspecified atom stereocenters. The summed E-state index contributed by atoms with van der Waals surface area (Å²) in [5, 5.41) is 17.1. The Labute approximate surface area is 178 Å². The summed E-state index contributed by atoms with van der Waals surface area (Å²) >= 11 is 1.39. The minimum absolute atomic E-state index is 0.0476. The maximum absolute atomic E-state index is 14.1. The quantitative estimate of drug-likeness (QED) is 0.386. The van der Waals surface area contributed by atoms with Crippen LogP contribution in [0.15, 0.2) is 41.8 Å². The first-order valence-corrected chi connectivity index (χ1v) is 10.6. The molecule has 1 saturated heterocycles. The van der Waals surface area contributed by atoms with Crippen LogP contribution in [0.4, 0.5) is 4.39 Å². The Hall–Kier alpha value is -2.36. The van der Waals surface area contributed by atoms with E-state index in [1.807, 2.05) is 25.3 Å². The predicted molar refractivity (Wildman–Crippen MR) is 110 cm³/mol. The van der Waals surface area contributed by atoms with Gasteiger partial charge in [-0.3, -0.25) is 20.2 Å². The average molecular weight is 437 g/mol. The zero-order valence-corrected chi connectivity index (χ0v) is 17.8. The number of hydrogen-bond acceptors (Lipinski definition) is 7. The number of carbonyl (C=O) groups is 1. The standard InChI is InChI=1S/C21H25FN2O5S/c1-12(2)20(29-11-13-7-4-5-8-14(13)22)16-18(21(25)28-3)23-17(19(16)24(26)27)15-9-6-10-30-15/h4-10,12,16-20,23H,11H2,1-3H3/t16-,17-,18+,19+,20+/m1/s1. The third-order valence-corrected chi connectivity index (χ3v) is 6.41. The lowest BCUT2D eigenvalue weighted by Gasteiger charge is -2.31. The molecule has 0 radical (unpaired) electrons. The fourth-order valence-electron chi connectivity index (χ4n) is 4.09. The second-order valence-electron chi connectivity index (χ2n) is 7.62. The number of halogens is 1. The van der Waals surface area contributed by atoms with Crippen LogP contribution in [0.2, 0.25) is 0 Å². The van der Waals surface area contributed by atoms with E-state index in [-0.39, 0.29) is 17.4 Å². The average Bonchev–Trinajstić information content (AvgIpc) is 3.36. The van der Waals surface area contributed by atoms with E-state index in [9.17, 15) is 19.3 Å². The van der Waals surface area contributed by atoms with E-state index in [4.69, 9.17) is 9.47 Å². The molecule has 1 N–H and O–H groups in total. The second kappa shape index (κ2) is 9.63. The lowest BCUT2D eigenvalue weighted by atomic mass is 9.83. The number of hydrogen-bond donors (Lipinski definition) is 1. The van der Waals surface area contributed by atoms with Crippen molar-refractivity contribution >= 4 is 17.3 Å². The first-order valence-electron chi connectivity index (χ1n) is 9.71. The third kappa shape index (κ3) is 4.53. The molecule has 162 valence electrons. The fourth-order valence-corrected chi connectivity index (χ4v) is 4.91. The van der Waals surface area contributed by atoms with Crippen molar-refractivity contribution in [3.63, 3.8) is 0 Å². The summed E-state index contributed by atoms with van der Waals surface area (Å²) in [6, 6.07) is 7.20. The van der Waals surface area contributed by atoms with E-state index in [2.05, 4.69) is 5.32 Å². The molecule has 3 rings (SSSR count). The van der Waals surface area contributed by atoms with E-state index in [0.717, 1.165) is 4.88 Å². The maximum atomic E-state index is 14.1. The van der Waals surface area contributed by atoms with Crippen molar-refractivity contribution in [1.29, 1.82) is 0 Å². The Kier molecular flexibility index (Phi) is 7.17. The smallest absolute Gasteiger partial charge is 0.323 e. The van der Waals surface area contributed by atoms with Crippen LogP contribution < -0.4 is 5.32 Å². The van der Waals surface area contributed by atoms with Crippen LogP contribution in [0.5, 0.6) is 0 Å². The largest absolute Gasteiger partial charge is 0.468 e. The van der Waals surface area contributed by atoms with E-state index in [0.29, 0.717) is 5.56 Å². The van der Waals surface area contributed by atoms with Gasteiger partial charge in [-0.2, -0.15) is 0 Å². The van der Waals surface area contributed by atoms with Gasteiger partial charge in [0.05, 0.1) is 25.7 Å². The molecule has 7 nitrogen and oxygen atoms in total. The minimum atomic E-state index is -1.10.